The van der Waals surface area contributed by atoms with E-state index in [4.69, 9.17) is 14.2 Å². The Morgan fingerprint density at radius 3 is 1.82 bits per heavy atom. The molecule has 0 spiro atoms. The van der Waals surface area contributed by atoms with Crippen LogP contribution >= 0.6 is 31.9 Å². The number of aliphatic hydroxyl groups excluding tert-OH is 1. The van der Waals surface area contributed by atoms with Gasteiger partial charge < -0.3 is 19.3 Å². The van der Waals surface area contributed by atoms with Gasteiger partial charge in [-0.2, -0.15) is 0 Å². The molecule has 5 atom stereocenters. The monoisotopic (exact) mass is 512 g/mol. The highest BCUT2D eigenvalue weighted by Gasteiger charge is 2.48. The maximum atomic E-state index is 12.5. The van der Waals surface area contributed by atoms with Gasteiger partial charge in [0.15, 0.2) is 18.5 Å². The Labute approximate surface area is 179 Å². The number of ether oxygens (including phenoxy) is 3. The fourth-order valence-corrected chi connectivity index (χ4v) is 4.57. The first-order valence-electron chi connectivity index (χ1n) is 8.57. The van der Waals surface area contributed by atoms with E-state index in [1.807, 2.05) is 0 Å². The third-order valence-corrected chi connectivity index (χ3v) is 5.99. The highest BCUT2D eigenvalue weighted by atomic mass is 79.9. The van der Waals surface area contributed by atoms with Crippen LogP contribution in [0.2, 0.25) is 0 Å². The molecule has 1 heterocycles. The summed E-state index contributed by atoms with van der Waals surface area (Å²) in [6.45, 7) is 0. The summed E-state index contributed by atoms with van der Waals surface area (Å²) in [6, 6.07) is 16.8. The number of carbonyl (C=O) groups is 2. The highest BCUT2D eigenvalue weighted by molar-refractivity contribution is 9.10. The highest BCUT2D eigenvalue weighted by Crippen LogP contribution is 2.31. The van der Waals surface area contributed by atoms with Gasteiger partial charge in [0.2, 0.25) is 0 Å². The van der Waals surface area contributed by atoms with Gasteiger partial charge in [-0.3, -0.25) is 0 Å². The van der Waals surface area contributed by atoms with Gasteiger partial charge in [-0.1, -0.05) is 68.3 Å². The van der Waals surface area contributed by atoms with Gasteiger partial charge in [-0.15, -0.1) is 0 Å². The molecule has 148 valence electrons. The van der Waals surface area contributed by atoms with Crippen LogP contribution in [0.1, 0.15) is 20.7 Å². The van der Waals surface area contributed by atoms with Crippen molar-refractivity contribution >= 4 is 43.8 Å². The van der Waals surface area contributed by atoms with Crippen LogP contribution < -0.4 is 0 Å². The standard InChI is InChI=1S/C20H18Br2O6/c21-11-14-15(22)16(27-18(23)12-7-3-1-4-8-12)17(20(25)26-14)28-19(24)13-9-5-2-6-10-13/h1-10,14-17,20,25H,11H2/t14-,15+,16+,17-,20+/m1/s1. The number of aliphatic hydroxyl groups is 1. The topological polar surface area (TPSA) is 82.1 Å². The molecule has 2 aromatic carbocycles. The maximum Gasteiger partial charge on any atom is 0.338 e. The molecule has 1 saturated heterocycles. The summed E-state index contributed by atoms with van der Waals surface area (Å²) in [7, 11) is 0. The second-order valence-corrected chi connectivity index (χ2v) is 7.84. The normalized spacial score (nSPS) is 27.0. The van der Waals surface area contributed by atoms with E-state index in [0.29, 0.717) is 16.5 Å². The van der Waals surface area contributed by atoms with Gasteiger partial charge in [0.1, 0.15) is 0 Å². The zero-order valence-electron chi connectivity index (χ0n) is 14.6. The molecule has 28 heavy (non-hydrogen) atoms. The number of rotatable bonds is 5. The van der Waals surface area contributed by atoms with Crippen molar-refractivity contribution in [2.24, 2.45) is 0 Å². The van der Waals surface area contributed by atoms with Crippen LogP contribution in [0.3, 0.4) is 0 Å². The average molecular weight is 514 g/mol. The predicted octanol–water partition coefficient (Wildman–Crippen LogP) is 3.31. The van der Waals surface area contributed by atoms with Crippen LogP contribution in [0.5, 0.6) is 0 Å². The Kier molecular flexibility index (Phi) is 7.23. The zero-order valence-corrected chi connectivity index (χ0v) is 17.8. The van der Waals surface area contributed by atoms with Crippen molar-refractivity contribution in [2.45, 2.75) is 29.4 Å². The Bertz CT molecular complexity index is 801. The Morgan fingerprint density at radius 1 is 0.893 bits per heavy atom. The first-order valence-corrected chi connectivity index (χ1v) is 10.6. The lowest BCUT2D eigenvalue weighted by molar-refractivity contribution is -0.237. The van der Waals surface area contributed by atoms with Crippen LogP contribution in [0, 0.1) is 0 Å². The predicted molar refractivity (Wildman–Crippen MR) is 109 cm³/mol. The van der Waals surface area contributed by atoms with Gasteiger partial charge in [0, 0.05) is 5.33 Å². The number of hydrogen-bond acceptors (Lipinski definition) is 6. The van der Waals surface area contributed by atoms with E-state index in [2.05, 4.69) is 31.9 Å². The molecule has 0 unspecified atom stereocenters. The zero-order chi connectivity index (χ0) is 20.1. The SMILES string of the molecule is O=C(O[C@@H]1[C@@H](OC(=O)c2ccccc2)[C@@H](Br)[C@@H](CBr)O[C@@H]1O)c1ccccc1. The third kappa shape index (κ3) is 4.81. The first kappa shape index (κ1) is 21.0. The molecule has 0 aliphatic carbocycles. The molecule has 0 saturated carbocycles. The van der Waals surface area contributed by atoms with Crippen LogP contribution in [-0.2, 0) is 14.2 Å². The van der Waals surface area contributed by atoms with Crippen molar-refractivity contribution in [3.63, 3.8) is 0 Å². The van der Waals surface area contributed by atoms with E-state index in [1.165, 1.54) is 0 Å². The second kappa shape index (κ2) is 9.65. The molecule has 0 amide bonds. The molecular formula is C20H18Br2O6. The average Bonchev–Trinajstić information content (AvgIpc) is 2.73. The minimum absolute atomic E-state index is 0.316. The quantitative estimate of drug-likeness (QED) is 0.488. The van der Waals surface area contributed by atoms with Crippen molar-refractivity contribution < 1.29 is 28.9 Å². The molecule has 0 radical (unpaired) electrons. The lowest BCUT2D eigenvalue weighted by Crippen LogP contribution is -2.58. The van der Waals surface area contributed by atoms with E-state index < -0.39 is 41.4 Å². The van der Waals surface area contributed by atoms with Gasteiger partial charge >= 0.3 is 11.9 Å². The van der Waals surface area contributed by atoms with E-state index in [9.17, 15) is 14.7 Å². The largest absolute Gasteiger partial charge is 0.453 e. The number of esters is 2. The number of benzene rings is 2. The lowest BCUT2D eigenvalue weighted by Gasteiger charge is -2.41. The molecule has 1 aliphatic heterocycles. The fraction of sp³-hybridized carbons (Fsp3) is 0.300. The summed E-state index contributed by atoms with van der Waals surface area (Å²) in [5, 5.41) is 10.8. The lowest BCUT2D eigenvalue weighted by atomic mass is 10.0. The molecule has 1 fully saturated rings. The summed E-state index contributed by atoms with van der Waals surface area (Å²) >= 11 is 6.77. The summed E-state index contributed by atoms with van der Waals surface area (Å²) in [5.41, 5.74) is 0.670. The number of halogens is 2. The minimum Gasteiger partial charge on any atom is -0.453 e. The Morgan fingerprint density at radius 2 is 1.36 bits per heavy atom. The molecule has 6 nitrogen and oxygen atoms in total. The van der Waals surface area contributed by atoms with Crippen molar-refractivity contribution in [1.82, 2.24) is 0 Å². The molecule has 0 bridgehead atoms. The van der Waals surface area contributed by atoms with E-state index in [1.54, 1.807) is 60.7 Å². The van der Waals surface area contributed by atoms with Gasteiger partial charge in [-0.05, 0) is 24.3 Å². The van der Waals surface area contributed by atoms with E-state index >= 15 is 0 Å². The molecule has 1 aliphatic rings. The Hall–Kier alpha value is -1.74. The van der Waals surface area contributed by atoms with Crippen LogP contribution in [0.15, 0.2) is 60.7 Å². The molecule has 8 heteroatoms. The van der Waals surface area contributed by atoms with Crippen molar-refractivity contribution in [1.29, 1.82) is 0 Å². The summed E-state index contributed by atoms with van der Waals surface area (Å²) < 4.78 is 16.6. The molecule has 1 N–H and O–H groups in total. The van der Waals surface area contributed by atoms with Gasteiger partial charge in [0.25, 0.3) is 0 Å². The number of alkyl halides is 2. The Balaban J connectivity index is 1.82. The van der Waals surface area contributed by atoms with Gasteiger partial charge in [0.05, 0.1) is 22.1 Å². The third-order valence-electron chi connectivity index (χ3n) is 4.25. The molecule has 0 aromatic heterocycles. The maximum absolute atomic E-state index is 12.5. The van der Waals surface area contributed by atoms with Crippen LogP contribution in [0.4, 0.5) is 0 Å². The molecular weight excluding hydrogens is 496 g/mol. The van der Waals surface area contributed by atoms with Crippen LogP contribution in [-0.4, -0.2) is 51.8 Å². The molecule has 2 aromatic rings. The van der Waals surface area contributed by atoms with Crippen molar-refractivity contribution in [3.8, 4) is 0 Å². The van der Waals surface area contributed by atoms with Crippen molar-refractivity contribution in [3.05, 3.63) is 71.8 Å². The van der Waals surface area contributed by atoms with E-state index in [-0.39, 0.29) is 0 Å². The fourth-order valence-electron chi connectivity index (χ4n) is 2.80. The summed E-state index contributed by atoms with van der Waals surface area (Å²) in [5.74, 6) is -1.23. The summed E-state index contributed by atoms with van der Waals surface area (Å²) in [4.78, 5) is 24.5. The minimum atomic E-state index is -1.45. The van der Waals surface area contributed by atoms with Crippen LogP contribution in [0.25, 0.3) is 0 Å². The van der Waals surface area contributed by atoms with Crippen molar-refractivity contribution in [2.75, 3.05) is 5.33 Å². The van der Waals surface area contributed by atoms with Gasteiger partial charge in [-0.25, -0.2) is 9.59 Å². The number of hydrogen-bond donors (Lipinski definition) is 1. The second-order valence-electron chi connectivity index (χ2n) is 6.14. The summed E-state index contributed by atoms with van der Waals surface area (Å²) in [6.07, 6.45) is -4.08. The van der Waals surface area contributed by atoms with E-state index in [0.717, 1.165) is 0 Å². The smallest absolute Gasteiger partial charge is 0.338 e. The first-order chi connectivity index (χ1) is 13.5. The number of carbonyl (C=O) groups excluding carboxylic acids is 2. The molecule has 3 rings (SSSR count).